The van der Waals surface area contributed by atoms with Crippen LogP contribution in [0.25, 0.3) is 0 Å². The summed E-state index contributed by atoms with van der Waals surface area (Å²) in [5.41, 5.74) is 6.85. The molecule has 0 aliphatic heterocycles. The minimum atomic E-state index is -0.572. The van der Waals surface area contributed by atoms with E-state index in [9.17, 15) is 4.79 Å². The number of methoxy groups -OCH3 is 1. The van der Waals surface area contributed by atoms with Crippen molar-refractivity contribution in [1.82, 2.24) is 4.98 Å². The first kappa shape index (κ1) is 13.3. The second-order valence-corrected chi connectivity index (χ2v) is 4.46. The molecule has 1 heterocycles. The summed E-state index contributed by atoms with van der Waals surface area (Å²) in [4.78, 5) is 15.8. The topological polar surface area (TPSA) is 89.0 Å². The van der Waals surface area contributed by atoms with Crippen molar-refractivity contribution >= 4 is 23.4 Å². The number of nitriles is 1. The van der Waals surface area contributed by atoms with Crippen molar-refractivity contribution in [3.8, 4) is 6.07 Å². The number of esters is 1. The molecule has 0 radical (unpaired) electrons. The molecule has 2 N–H and O–H groups in total. The molecule has 1 rings (SSSR count). The fourth-order valence-electron chi connectivity index (χ4n) is 1.41. The van der Waals surface area contributed by atoms with Gasteiger partial charge in [-0.25, -0.2) is 9.78 Å². The standard InChI is InChI=1S/C11H13N3O2S/c1-4-17-10-7(5-12)9(13)8(6(2)14-10)11(15)16-3/h4H2,1-3H3,(H2,13,14). The zero-order chi connectivity index (χ0) is 13.0. The molecule has 0 unspecified atom stereocenters. The summed E-state index contributed by atoms with van der Waals surface area (Å²) in [7, 11) is 1.27. The van der Waals surface area contributed by atoms with Crippen LogP contribution in [0.3, 0.4) is 0 Å². The molecule has 1 aromatic heterocycles. The molecule has 0 saturated carbocycles. The Hall–Kier alpha value is -1.74. The van der Waals surface area contributed by atoms with Gasteiger partial charge in [0.05, 0.1) is 18.5 Å². The predicted octanol–water partition coefficient (Wildman–Crippen LogP) is 1.74. The number of carbonyl (C=O) groups excluding carboxylic acids is 1. The number of nitrogens with two attached hydrogens (primary N) is 1. The highest BCUT2D eigenvalue weighted by Crippen LogP contribution is 2.29. The van der Waals surface area contributed by atoms with Gasteiger partial charge in [0.25, 0.3) is 0 Å². The van der Waals surface area contributed by atoms with E-state index in [0.717, 1.165) is 5.75 Å². The molecule has 0 bridgehead atoms. The number of aromatic nitrogens is 1. The minimum Gasteiger partial charge on any atom is -0.465 e. The quantitative estimate of drug-likeness (QED) is 0.650. The van der Waals surface area contributed by atoms with Gasteiger partial charge in [0.15, 0.2) is 0 Å². The van der Waals surface area contributed by atoms with Crippen LogP contribution in [0, 0.1) is 18.3 Å². The smallest absolute Gasteiger partial charge is 0.341 e. The number of pyridine rings is 1. The molecule has 0 fully saturated rings. The van der Waals surface area contributed by atoms with Crippen LogP contribution in [0.5, 0.6) is 0 Å². The fraction of sp³-hybridized carbons (Fsp3) is 0.364. The number of carbonyl (C=O) groups is 1. The third-order valence-corrected chi connectivity index (χ3v) is 3.02. The lowest BCUT2D eigenvalue weighted by Gasteiger charge is -2.11. The third-order valence-electron chi connectivity index (χ3n) is 2.17. The number of anilines is 1. The number of hydrogen-bond acceptors (Lipinski definition) is 6. The molecule has 17 heavy (non-hydrogen) atoms. The van der Waals surface area contributed by atoms with Crippen LogP contribution in [0.1, 0.15) is 28.5 Å². The summed E-state index contributed by atoms with van der Waals surface area (Å²) >= 11 is 1.42. The highest BCUT2D eigenvalue weighted by atomic mass is 32.2. The van der Waals surface area contributed by atoms with Gasteiger partial charge in [-0.1, -0.05) is 6.92 Å². The molecule has 1 aromatic rings. The van der Waals surface area contributed by atoms with Gasteiger partial charge in [0.1, 0.15) is 22.2 Å². The Balaban J connectivity index is 3.47. The molecule has 6 heteroatoms. The summed E-state index contributed by atoms with van der Waals surface area (Å²) < 4.78 is 4.62. The second-order valence-electron chi connectivity index (χ2n) is 3.20. The van der Waals surface area contributed by atoms with Gasteiger partial charge in [0.2, 0.25) is 0 Å². The van der Waals surface area contributed by atoms with E-state index in [-0.39, 0.29) is 16.8 Å². The van der Waals surface area contributed by atoms with E-state index in [4.69, 9.17) is 11.0 Å². The Bertz CT molecular complexity index is 494. The van der Waals surface area contributed by atoms with Crippen LogP contribution < -0.4 is 5.73 Å². The van der Waals surface area contributed by atoms with E-state index >= 15 is 0 Å². The van der Waals surface area contributed by atoms with E-state index < -0.39 is 5.97 Å². The maximum Gasteiger partial charge on any atom is 0.341 e. The van der Waals surface area contributed by atoms with Crippen LogP contribution in [-0.2, 0) is 4.74 Å². The average Bonchev–Trinajstić information content (AvgIpc) is 2.29. The van der Waals surface area contributed by atoms with Gasteiger partial charge in [-0.05, 0) is 12.7 Å². The average molecular weight is 251 g/mol. The molecule has 90 valence electrons. The monoisotopic (exact) mass is 251 g/mol. The maximum atomic E-state index is 11.5. The third kappa shape index (κ3) is 2.50. The zero-order valence-corrected chi connectivity index (χ0v) is 10.7. The highest BCUT2D eigenvalue weighted by Gasteiger charge is 2.21. The van der Waals surface area contributed by atoms with E-state index in [1.165, 1.54) is 18.9 Å². The van der Waals surface area contributed by atoms with Crippen LogP contribution in [0.4, 0.5) is 5.69 Å². The van der Waals surface area contributed by atoms with Crippen molar-refractivity contribution in [2.75, 3.05) is 18.6 Å². The Labute approximate surface area is 104 Å². The molecule has 0 atom stereocenters. The van der Waals surface area contributed by atoms with Crippen molar-refractivity contribution in [1.29, 1.82) is 5.26 Å². The summed E-state index contributed by atoms with van der Waals surface area (Å²) in [6.45, 7) is 3.62. The molecular formula is C11H13N3O2S. The molecular weight excluding hydrogens is 238 g/mol. The lowest BCUT2D eigenvalue weighted by molar-refractivity contribution is 0.0600. The first-order valence-corrected chi connectivity index (χ1v) is 5.96. The summed E-state index contributed by atoms with van der Waals surface area (Å²) in [5, 5.41) is 9.61. The first-order chi connectivity index (χ1) is 8.06. The SMILES string of the molecule is CCSc1nc(C)c(C(=O)OC)c(N)c1C#N. The molecule has 0 spiro atoms. The predicted molar refractivity (Wildman–Crippen MR) is 65.8 cm³/mol. The Morgan fingerprint density at radius 2 is 2.29 bits per heavy atom. The Morgan fingerprint density at radius 3 is 2.76 bits per heavy atom. The van der Waals surface area contributed by atoms with Gasteiger partial charge in [-0.2, -0.15) is 5.26 Å². The van der Waals surface area contributed by atoms with Crippen LogP contribution in [0.15, 0.2) is 5.03 Å². The van der Waals surface area contributed by atoms with Crippen LogP contribution >= 0.6 is 11.8 Å². The largest absolute Gasteiger partial charge is 0.465 e. The molecule has 5 nitrogen and oxygen atoms in total. The molecule has 0 aliphatic carbocycles. The molecule has 0 amide bonds. The highest BCUT2D eigenvalue weighted by molar-refractivity contribution is 7.99. The van der Waals surface area contributed by atoms with Crippen LogP contribution in [-0.4, -0.2) is 23.8 Å². The van der Waals surface area contributed by atoms with Crippen molar-refractivity contribution in [3.63, 3.8) is 0 Å². The first-order valence-electron chi connectivity index (χ1n) is 4.98. The Morgan fingerprint density at radius 1 is 1.65 bits per heavy atom. The van der Waals surface area contributed by atoms with E-state index in [1.807, 2.05) is 13.0 Å². The molecule has 0 aromatic carbocycles. The number of hydrogen-bond donors (Lipinski definition) is 1. The van der Waals surface area contributed by atoms with Crippen molar-refractivity contribution in [3.05, 3.63) is 16.8 Å². The van der Waals surface area contributed by atoms with Crippen molar-refractivity contribution < 1.29 is 9.53 Å². The van der Waals surface area contributed by atoms with Crippen LogP contribution in [0.2, 0.25) is 0 Å². The number of rotatable bonds is 3. The van der Waals surface area contributed by atoms with Crippen molar-refractivity contribution in [2.45, 2.75) is 18.9 Å². The zero-order valence-electron chi connectivity index (χ0n) is 9.90. The summed E-state index contributed by atoms with van der Waals surface area (Å²) in [6, 6.07) is 1.98. The van der Waals surface area contributed by atoms with Gasteiger partial charge >= 0.3 is 5.97 Å². The van der Waals surface area contributed by atoms with Gasteiger partial charge in [-0.15, -0.1) is 11.8 Å². The van der Waals surface area contributed by atoms with Gasteiger partial charge < -0.3 is 10.5 Å². The number of ether oxygens (including phenoxy) is 1. The normalized spacial score (nSPS) is 9.76. The molecule has 0 saturated heterocycles. The molecule has 0 aliphatic rings. The van der Waals surface area contributed by atoms with E-state index in [1.54, 1.807) is 6.92 Å². The second kappa shape index (κ2) is 5.55. The fourth-order valence-corrected chi connectivity index (χ4v) is 2.18. The Kier molecular flexibility index (Phi) is 4.35. The lowest BCUT2D eigenvalue weighted by Crippen LogP contribution is -2.12. The number of nitrogens with zero attached hydrogens (tertiary/aromatic N) is 2. The van der Waals surface area contributed by atoms with Gasteiger partial charge in [0, 0.05) is 0 Å². The number of aryl methyl sites for hydroxylation is 1. The minimum absolute atomic E-state index is 0.141. The van der Waals surface area contributed by atoms with E-state index in [0.29, 0.717) is 10.7 Å². The summed E-state index contributed by atoms with van der Waals surface area (Å²) in [6.07, 6.45) is 0. The number of nitrogen functional groups attached to an aromatic ring is 1. The number of thioether (sulfide) groups is 1. The lowest BCUT2D eigenvalue weighted by atomic mass is 10.1. The summed E-state index contributed by atoms with van der Waals surface area (Å²) in [5.74, 6) is 0.204. The van der Waals surface area contributed by atoms with Crippen molar-refractivity contribution in [2.24, 2.45) is 0 Å². The van der Waals surface area contributed by atoms with E-state index in [2.05, 4.69) is 9.72 Å². The maximum absolute atomic E-state index is 11.5. The van der Waals surface area contributed by atoms with Gasteiger partial charge in [-0.3, -0.25) is 0 Å².